The van der Waals surface area contributed by atoms with Gasteiger partial charge in [-0.2, -0.15) is 0 Å². The average molecular weight is 337 g/mol. The molecule has 138 valence electrons. The summed E-state index contributed by atoms with van der Waals surface area (Å²) in [6, 6.07) is -0.394. The summed E-state index contributed by atoms with van der Waals surface area (Å²) in [5.41, 5.74) is 0. The summed E-state index contributed by atoms with van der Waals surface area (Å²) < 4.78 is 0. The number of ketones is 2. The van der Waals surface area contributed by atoms with Crippen LogP contribution in [0, 0.1) is 11.8 Å². The number of hydrogen-bond donors (Lipinski definition) is 0. The number of nitrogens with zero attached hydrogens (tertiary/aromatic N) is 2. The van der Waals surface area contributed by atoms with Crippen LogP contribution in [0.2, 0.25) is 0 Å². The Morgan fingerprint density at radius 2 is 0.958 bits per heavy atom. The van der Waals surface area contributed by atoms with E-state index in [1.807, 2.05) is 0 Å². The molecule has 0 saturated carbocycles. The smallest absolute Gasteiger partial charge is 0.217 e. The molecule has 2 saturated heterocycles. The predicted molar refractivity (Wildman–Crippen MR) is 98.1 cm³/mol. The standard InChI is InChI=1S/C20H36N2O2/c1-15(2)13-17(21-9-5-6-10-21)19(23)20(24)18(14-16(3)4)22-11-7-8-12-22/h15-18H,5-14H2,1-4H3. The molecule has 4 heteroatoms. The molecule has 2 unspecified atom stereocenters. The Morgan fingerprint density at radius 3 is 1.21 bits per heavy atom. The second-order valence-electron chi connectivity index (χ2n) is 8.51. The van der Waals surface area contributed by atoms with Crippen LogP contribution in [-0.4, -0.2) is 59.6 Å². The third kappa shape index (κ3) is 5.13. The van der Waals surface area contributed by atoms with Crippen LogP contribution < -0.4 is 0 Å². The third-order valence-corrected chi connectivity index (χ3v) is 5.40. The van der Waals surface area contributed by atoms with Crippen molar-refractivity contribution in [2.75, 3.05) is 26.2 Å². The van der Waals surface area contributed by atoms with Crippen molar-refractivity contribution in [2.24, 2.45) is 11.8 Å². The van der Waals surface area contributed by atoms with Gasteiger partial charge in [0.1, 0.15) is 0 Å². The lowest BCUT2D eigenvalue weighted by atomic mass is 9.90. The molecule has 0 radical (unpaired) electrons. The van der Waals surface area contributed by atoms with Crippen molar-refractivity contribution in [2.45, 2.75) is 78.3 Å². The SMILES string of the molecule is CC(C)CC(C(=O)C(=O)C(CC(C)C)N1CCCC1)N1CCCC1. The lowest BCUT2D eigenvalue weighted by Gasteiger charge is -2.31. The first-order valence-electron chi connectivity index (χ1n) is 9.96. The molecule has 4 nitrogen and oxygen atoms in total. The van der Waals surface area contributed by atoms with E-state index in [-0.39, 0.29) is 23.7 Å². The van der Waals surface area contributed by atoms with E-state index in [0.717, 1.165) is 64.7 Å². The minimum absolute atomic E-state index is 0.122. The van der Waals surface area contributed by atoms with Gasteiger partial charge in [0.25, 0.3) is 0 Å². The van der Waals surface area contributed by atoms with Crippen molar-refractivity contribution in [1.82, 2.24) is 9.80 Å². The molecule has 2 aliphatic heterocycles. The largest absolute Gasteiger partial charge is 0.293 e. The summed E-state index contributed by atoms with van der Waals surface area (Å²) in [5, 5.41) is 0. The summed E-state index contributed by atoms with van der Waals surface area (Å²) in [6.45, 7) is 12.5. The number of rotatable bonds is 9. The fourth-order valence-electron chi connectivity index (χ4n) is 4.17. The fraction of sp³-hybridized carbons (Fsp3) is 0.900. The molecule has 2 fully saturated rings. The first-order valence-corrected chi connectivity index (χ1v) is 9.96. The molecule has 0 aromatic heterocycles. The molecule has 0 aromatic rings. The van der Waals surface area contributed by atoms with Gasteiger partial charge in [-0.15, -0.1) is 0 Å². The third-order valence-electron chi connectivity index (χ3n) is 5.40. The Kier molecular flexibility index (Phi) is 7.42. The molecule has 2 rings (SSSR count). The lowest BCUT2D eigenvalue weighted by Crippen LogP contribution is -2.50. The molecular formula is C20H36N2O2. The highest BCUT2D eigenvalue weighted by atomic mass is 16.2. The Labute approximate surface area is 148 Å². The van der Waals surface area contributed by atoms with E-state index in [1.165, 1.54) is 0 Å². The van der Waals surface area contributed by atoms with Gasteiger partial charge in [-0.05, 0) is 76.5 Å². The number of carbonyl (C=O) groups is 2. The molecule has 0 aromatic carbocycles. The zero-order valence-corrected chi connectivity index (χ0v) is 16.1. The number of likely N-dealkylation sites (tertiary alicyclic amines) is 2. The van der Waals surface area contributed by atoms with Gasteiger partial charge >= 0.3 is 0 Å². The van der Waals surface area contributed by atoms with Crippen LogP contribution in [0.4, 0.5) is 0 Å². The zero-order chi connectivity index (χ0) is 17.7. The molecule has 0 bridgehead atoms. The van der Waals surface area contributed by atoms with Gasteiger partial charge in [-0.1, -0.05) is 27.7 Å². The van der Waals surface area contributed by atoms with Crippen LogP contribution in [0.15, 0.2) is 0 Å². The summed E-state index contributed by atoms with van der Waals surface area (Å²) >= 11 is 0. The van der Waals surface area contributed by atoms with Gasteiger partial charge in [0.05, 0.1) is 12.1 Å². The summed E-state index contributed by atoms with van der Waals surface area (Å²) in [7, 11) is 0. The van der Waals surface area contributed by atoms with Gasteiger partial charge in [0, 0.05) is 0 Å². The molecule has 2 atom stereocenters. The van der Waals surface area contributed by atoms with E-state index < -0.39 is 0 Å². The highest BCUT2D eigenvalue weighted by molar-refractivity contribution is 6.41. The van der Waals surface area contributed by atoms with Gasteiger partial charge in [0.2, 0.25) is 11.6 Å². The Hall–Kier alpha value is -0.740. The quantitative estimate of drug-likeness (QED) is 0.607. The van der Waals surface area contributed by atoms with Gasteiger partial charge in [0.15, 0.2) is 0 Å². The van der Waals surface area contributed by atoms with Crippen molar-refractivity contribution in [1.29, 1.82) is 0 Å². The number of carbonyl (C=O) groups excluding carboxylic acids is 2. The first-order chi connectivity index (χ1) is 11.4. The van der Waals surface area contributed by atoms with Crippen molar-refractivity contribution in [3.05, 3.63) is 0 Å². The topological polar surface area (TPSA) is 40.6 Å². The van der Waals surface area contributed by atoms with Crippen LogP contribution in [-0.2, 0) is 9.59 Å². The maximum atomic E-state index is 13.1. The van der Waals surface area contributed by atoms with Crippen LogP contribution in [0.25, 0.3) is 0 Å². The van der Waals surface area contributed by atoms with E-state index in [9.17, 15) is 9.59 Å². The van der Waals surface area contributed by atoms with Crippen LogP contribution in [0.5, 0.6) is 0 Å². The Bertz CT molecular complexity index is 381. The molecule has 0 spiro atoms. The molecule has 24 heavy (non-hydrogen) atoms. The Morgan fingerprint density at radius 1 is 0.667 bits per heavy atom. The second kappa shape index (κ2) is 9.10. The molecular weight excluding hydrogens is 300 g/mol. The highest BCUT2D eigenvalue weighted by Crippen LogP contribution is 2.23. The van der Waals surface area contributed by atoms with Crippen LogP contribution in [0.3, 0.4) is 0 Å². The second-order valence-corrected chi connectivity index (χ2v) is 8.51. The average Bonchev–Trinajstić information content (AvgIpc) is 3.21. The van der Waals surface area contributed by atoms with E-state index in [1.54, 1.807) is 0 Å². The monoisotopic (exact) mass is 336 g/mol. The van der Waals surface area contributed by atoms with Crippen molar-refractivity contribution >= 4 is 11.6 Å². The summed E-state index contributed by atoms with van der Waals surface area (Å²) in [5.74, 6) is 0.622. The van der Waals surface area contributed by atoms with Crippen molar-refractivity contribution < 1.29 is 9.59 Å². The Balaban J connectivity index is 2.13. The maximum Gasteiger partial charge on any atom is 0.217 e. The number of hydrogen-bond acceptors (Lipinski definition) is 4. The van der Waals surface area contributed by atoms with Gasteiger partial charge < -0.3 is 0 Å². The zero-order valence-electron chi connectivity index (χ0n) is 16.1. The van der Waals surface area contributed by atoms with E-state index in [4.69, 9.17) is 0 Å². The minimum atomic E-state index is -0.197. The normalized spacial score (nSPS) is 22.4. The molecule has 2 heterocycles. The molecule has 0 N–H and O–H groups in total. The fourth-order valence-corrected chi connectivity index (χ4v) is 4.17. The lowest BCUT2D eigenvalue weighted by molar-refractivity contribution is -0.143. The van der Waals surface area contributed by atoms with Crippen LogP contribution in [0.1, 0.15) is 66.2 Å². The highest BCUT2D eigenvalue weighted by Gasteiger charge is 2.38. The minimum Gasteiger partial charge on any atom is -0.293 e. The predicted octanol–water partition coefficient (Wildman–Crippen LogP) is 3.15. The van der Waals surface area contributed by atoms with Gasteiger partial charge in [-0.25, -0.2) is 0 Å². The van der Waals surface area contributed by atoms with Crippen molar-refractivity contribution in [3.8, 4) is 0 Å². The summed E-state index contributed by atoms with van der Waals surface area (Å²) in [6.07, 6.45) is 6.21. The van der Waals surface area contributed by atoms with E-state index in [0.29, 0.717) is 11.8 Å². The molecule has 2 aliphatic rings. The van der Waals surface area contributed by atoms with Crippen LogP contribution >= 0.6 is 0 Å². The number of Topliss-reactive ketones (excluding diaryl/α,β-unsaturated/α-hetero) is 2. The van der Waals surface area contributed by atoms with E-state index >= 15 is 0 Å². The van der Waals surface area contributed by atoms with Gasteiger partial charge in [-0.3, -0.25) is 19.4 Å². The van der Waals surface area contributed by atoms with E-state index in [2.05, 4.69) is 37.5 Å². The van der Waals surface area contributed by atoms with Crippen molar-refractivity contribution in [3.63, 3.8) is 0 Å². The maximum absolute atomic E-state index is 13.1. The first kappa shape index (κ1) is 19.6. The summed E-state index contributed by atoms with van der Waals surface area (Å²) in [4.78, 5) is 30.8. The molecule has 0 aliphatic carbocycles. The molecule has 0 amide bonds.